The Labute approximate surface area is 162 Å². The maximum absolute atomic E-state index is 12.5. The predicted octanol–water partition coefficient (Wildman–Crippen LogP) is 2.00. The molecule has 1 amide bonds. The second-order valence-corrected chi connectivity index (χ2v) is 8.72. The average molecular weight is 372 g/mol. The lowest BCUT2D eigenvalue weighted by Gasteiger charge is -2.45. The van der Waals surface area contributed by atoms with E-state index in [1.54, 1.807) is 12.3 Å². The van der Waals surface area contributed by atoms with Gasteiger partial charge in [0.1, 0.15) is 5.69 Å². The number of nitrogens with zero attached hydrogens (tertiary/aromatic N) is 4. The minimum Gasteiger partial charge on any atom is -0.301 e. The van der Waals surface area contributed by atoms with Gasteiger partial charge in [0.15, 0.2) is 0 Å². The molecule has 1 N–H and O–H groups in total. The van der Waals surface area contributed by atoms with Crippen LogP contribution in [0.25, 0.3) is 0 Å². The molecule has 5 rings (SSSR count). The van der Waals surface area contributed by atoms with Crippen molar-refractivity contribution in [1.29, 1.82) is 0 Å². The highest BCUT2D eigenvalue weighted by atomic mass is 16.2. The molecule has 0 saturated carbocycles. The Balaban J connectivity index is 1.37. The van der Waals surface area contributed by atoms with E-state index in [-0.39, 0.29) is 5.91 Å². The zero-order valence-electron chi connectivity index (χ0n) is 16.7. The molecule has 2 unspecified atom stereocenters. The van der Waals surface area contributed by atoms with Crippen LogP contribution < -0.4 is 5.43 Å². The highest BCUT2D eigenvalue weighted by molar-refractivity contribution is 5.91. The van der Waals surface area contributed by atoms with E-state index >= 15 is 0 Å². The third kappa shape index (κ3) is 4.33. The van der Waals surface area contributed by atoms with Gasteiger partial charge in [-0.3, -0.25) is 20.1 Å². The number of pyridine rings is 1. The summed E-state index contributed by atoms with van der Waals surface area (Å²) in [5.74, 6) is 0.560. The first-order valence-electron chi connectivity index (χ1n) is 10.6. The molecule has 0 radical (unpaired) electrons. The Morgan fingerprint density at radius 2 is 1.89 bits per heavy atom. The zero-order valence-corrected chi connectivity index (χ0v) is 16.7. The molecule has 4 aliphatic heterocycles. The van der Waals surface area contributed by atoms with E-state index in [0.717, 1.165) is 13.1 Å². The molecule has 148 valence electrons. The quantitative estimate of drug-likeness (QED) is 0.877. The lowest BCUT2D eigenvalue weighted by atomic mass is 9.90. The summed E-state index contributed by atoms with van der Waals surface area (Å²) in [4.78, 5) is 22.1. The number of aromatic nitrogens is 1. The largest absolute Gasteiger partial charge is 0.301 e. The summed E-state index contributed by atoms with van der Waals surface area (Å²) >= 11 is 0. The van der Waals surface area contributed by atoms with Crippen LogP contribution in [-0.2, 0) is 0 Å². The maximum Gasteiger partial charge on any atom is 0.284 e. The summed E-state index contributed by atoms with van der Waals surface area (Å²) in [7, 11) is 0. The van der Waals surface area contributed by atoms with E-state index < -0.39 is 0 Å². The van der Waals surface area contributed by atoms with E-state index in [1.807, 2.05) is 12.1 Å². The monoisotopic (exact) mass is 371 g/mol. The molecular weight excluding hydrogens is 338 g/mol. The van der Waals surface area contributed by atoms with Gasteiger partial charge >= 0.3 is 0 Å². The van der Waals surface area contributed by atoms with Gasteiger partial charge in [-0.1, -0.05) is 6.07 Å². The number of likely N-dealkylation sites (tertiary alicyclic amines) is 1. The number of rotatable bonds is 4. The standard InChI is InChI=1S/C21H33N5O/c1-16(2)24-11-8-18(9-12-24)26-14-17-6-7-19(26)15-25(13-17)23-21(27)20-5-3-4-10-22-20/h3-5,10,16-19H,6-9,11-15H2,1-2H3,(H,23,27). The molecule has 5 heterocycles. The van der Waals surface area contributed by atoms with E-state index in [4.69, 9.17) is 0 Å². The van der Waals surface area contributed by atoms with Crippen molar-refractivity contribution in [2.24, 2.45) is 5.92 Å². The Morgan fingerprint density at radius 1 is 1.07 bits per heavy atom. The molecule has 27 heavy (non-hydrogen) atoms. The Morgan fingerprint density at radius 3 is 2.59 bits per heavy atom. The summed E-state index contributed by atoms with van der Waals surface area (Å²) in [6.45, 7) is 10.1. The molecule has 1 aromatic heterocycles. The molecule has 4 saturated heterocycles. The highest BCUT2D eigenvalue weighted by Crippen LogP contribution is 2.32. The fraction of sp³-hybridized carbons (Fsp3) is 0.714. The fourth-order valence-electron chi connectivity index (χ4n) is 5.09. The van der Waals surface area contributed by atoms with Gasteiger partial charge < -0.3 is 4.90 Å². The third-order valence-electron chi connectivity index (χ3n) is 6.61. The summed E-state index contributed by atoms with van der Waals surface area (Å²) in [5.41, 5.74) is 3.61. The van der Waals surface area contributed by atoms with Crippen LogP contribution in [0.5, 0.6) is 0 Å². The zero-order chi connectivity index (χ0) is 18.8. The smallest absolute Gasteiger partial charge is 0.284 e. The Bertz CT molecular complexity index is 629. The van der Waals surface area contributed by atoms with Gasteiger partial charge in [-0.25, -0.2) is 5.01 Å². The number of carbonyl (C=O) groups is 1. The van der Waals surface area contributed by atoms with Crippen molar-refractivity contribution < 1.29 is 4.79 Å². The lowest BCUT2D eigenvalue weighted by Crippen LogP contribution is -2.54. The molecule has 4 fully saturated rings. The van der Waals surface area contributed by atoms with E-state index in [2.05, 4.69) is 39.1 Å². The van der Waals surface area contributed by atoms with Crippen molar-refractivity contribution in [2.45, 2.75) is 57.7 Å². The molecule has 0 aliphatic carbocycles. The molecule has 0 aromatic carbocycles. The first kappa shape index (κ1) is 18.8. The number of nitrogens with one attached hydrogen (secondary N) is 1. The number of carbonyl (C=O) groups excluding carboxylic acids is 1. The molecular formula is C21H33N5O. The van der Waals surface area contributed by atoms with Crippen molar-refractivity contribution in [2.75, 3.05) is 32.7 Å². The Kier molecular flexibility index (Phi) is 5.76. The summed E-state index contributed by atoms with van der Waals surface area (Å²) in [6, 6.07) is 7.40. The van der Waals surface area contributed by atoms with Crippen molar-refractivity contribution >= 4 is 5.91 Å². The predicted molar refractivity (Wildman–Crippen MR) is 106 cm³/mol. The molecule has 2 bridgehead atoms. The maximum atomic E-state index is 12.5. The second-order valence-electron chi connectivity index (χ2n) is 8.72. The van der Waals surface area contributed by atoms with Gasteiger partial charge in [0.2, 0.25) is 0 Å². The van der Waals surface area contributed by atoms with E-state index in [9.17, 15) is 4.79 Å². The summed E-state index contributed by atoms with van der Waals surface area (Å²) < 4.78 is 0. The molecule has 1 aromatic rings. The van der Waals surface area contributed by atoms with Crippen LogP contribution in [0, 0.1) is 5.92 Å². The van der Waals surface area contributed by atoms with Crippen LogP contribution in [0.15, 0.2) is 24.4 Å². The summed E-state index contributed by atoms with van der Waals surface area (Å²) in [6.07, 6.45) is 6.77. The third-order valence-corrected chi connectivity index (χ3v) is 6.61. The van der Waals surface area contributed by atoms with Crippen molar-refractivity contribution in [3.05, 3.63) is 30.1 Å². The molecule has 4 aliphatic rings. The minimum atomic E-state index is -0.0892. The topological polar surface area (TPSA) is 51.7 Å². The van der Waals surface area contributed by atoms with Crippen LogP contribution in [0.4, 0.5) is 0 Å². The Hall–Kier alpha value is -1.50. The summed E-state index contributed by atoms with van der Waals surface area (Å²) in [5, 5.41) is 2.16. The molecule has 0 spiro atoms. The minimum absolute atomic E-state index is 0.0892. The van der Waals surface area contributed by atoms with Gasteiger partial charge in [0, 0.05) is 44.0 Å². The van der Waals surface area contributed by atoms with Crippen molar-refractivity contribution in [3.63, 3.8) is 0 Å². The van der Waals surface area contributed by atoms with Crippen LogP contribution in [0.2, 0.25) is 0 Å². The van der Waals surface area contributed by atoms with E-state index in [0.29, 0.717) is 29.7 Å². The van der Waals surface area contributed by atoms with Crippen molar-refractivity contribution in [3.8, 4) is 0 Å². The van der Waals surface area contributed by atoms with Crippen LogP contribution in [0.3, 0.4) is 0 Å². The highest BCUT2D eigenvalue weighted by Gasteiger charge is 2.39. The first-order chi connectivity index (χ1) is 13.1. The number of hydrogen-bond acceptors (Lipinski definition) is 5. The van der Waals surface area contributed by atoms with Crippen LogP contribution >= 0.6 is 0 Å². The van der Waals surface area contributed by atoms with Gasteiger partial charge in [-0.15, -0.1) is 0 Å². The number of hydrogen-bond donors (Lipinski definition) is 1. The van der Waals surface area contributed by atoms with E-state index in [1.165, 1.54) is 45.3 Å². The van der Waals surface area contributed by atoms with Crippen molar-refractivity contribution in [1.82, 2.24) is 25.2 Å². The van der Waals surface area contributed by atoms with Gasteiger partial charge in [-0.05, 0) is 70.7 Å². The lowest BCUT2D eigenvalue weighted by molar-refractivity contribution is 0.0342. The SMILES string of the molecule is CC(C)N1CCC(N2CC3CCC2CN(NC(=O)c2ccccn2)C3)CC1. The molecule has 6 heteroatoms. The number of hydrazine groups is 1. The average Bonchev–Trinajstić information content (AvgIpc) is 2.99. The van der Waals surface area contributed by atoms with Gasteiger partial charge in [0.05, 0.1) is 0 Å². The van der Waals surface area contributed by atoms with Crippen LogP contribution in [0.1, 0.15) is 50.0 Å². The number of piperidine rings is 2. The van der Waals surface area contributed by atoms with Gasteiger partial charge in [0.25, 0.3) is 5.91 Å². The first-order valence-corrected chi connectivity index (χ1v) is 10.6. The number of fused-ring (bicyclic) bond motifs is 4. The van der Waals surface area contributed by atoms with Gasteiger partial charge in [-0.2, -0.15) is 0 Å². The van der Waals surface area contributed by atoms with Crippen LogP contribution in [-0.4, -0.2) is 76.5 Å². The number of amides is 1. The second kappa shape index (κ2) is 8.25. The molecule has 2 atom stereocenters. The normalized spacial score (nSPS) is 28.4. The molecule has 6 nitrogen and oxygen atoms in total. The fourth-order valence-corrected chi connectivity index (χ4v) is 5.09.